The van der Waals surface area contributed by atoms with Crippen LogP contribution in [-0.2, 0) is 0 Å². The zero-order chi connectivity index (χ0) is 11.4. The Labute approximate surface area is 95.1 Å². The number of anilines is 2. The van der Waals surface area contributed by atoms with Gasteiger partial charge in [-0.15, -0.1) is 0 Å². The first-order valence-electron chi connectivity index (χ1n) is 4.70. The van der Waals surface area contributed by atoms with Gasteiger partial charge < -0.3 is 10.6 Å². The summed E-state index contributed by atoms with van der Waals surface area (Å²) in [7, 11) is 1.94. The van der Waals surface area contributed by atoms with E-state index in [1.54, 1.807) is 0 Å². The van der Waals surface area contributed by atoms with Crippen molar-refractivity contribution in [3.05, 3.63) is 22.7 Å². The number of nitrogens with two attached hydrogens (primary N) is 1. The molecule has 0 bridgehead atoms. The van der Waals surface area contributed by atoms with Crippen molar-refractivity contribution in [1.29, 1.82) is 5.26 Å². The summed E-state index contributed by atoms with van der Waals surface area (Å²) in [5.74, 6) is 0. The van der Waals surface area contributed by atoms with Crippen molar-refractivity contribution in [3.8, 4) is 6.07 Å². The second-order valence-corrected chi connectivity index (χ2v) is 3.90. The Morgan fingerprint density at radius 3 is 2.80 bits per heavy atom. The second kappa shape index (κ2) is 4.90. The molecule has 4 heteroatoms. The molecule has 0 radical (unpaired) electrons. The van der Waals surface area contributed by atoms with E-state index >= 15 is 0 Å². The van der Waals surface area contributed by atoms with E-state index in [0.717, 1.165) is 11.3 Å². The molecule has 3 nitrogen and oxygen atoms in total. The second-order valence-electron chi connectivity index (χ2n) is 3.49. The molecule has 0 aromatic heterocycles. The summed E-state index contributed by atoms with van der Waals surface area (Å²) < 4.78 is 0. The van der Waals surface area contributed by atoms with Crippen LogP contribution in [-0.4, -0.2) is 13.6 Å². The minimum absolute atomic E-state index is 0.498. The monoisotopic (exact) mass is 223 g/mol. The van der Waals surface area contributed by atoms with Gasteiger partial charge >= 0.3 is 0 Å². The van der Waals surface area contributed by atoms with Crippen LogP contribution in [0.5, 0.6) is 0 Å². The minimum Gasteiger partial charge on any atom is -0.398 e. The Bertz CT molecular complexity index is 396. The quantitative estimate of drug-likeness (QED) is 0.802. The van der Waals surface area contributed by atoms with E-state index in [4.69, 9.17) is 22.6 Å². The Morgan fingerprint density at radius 1 is 1.53 bits per heavy atom. The number of halogens is 1. The van der Waals surface area contributed by atoms with Crippen LogP contribution in [0.3, 0.4) is 0 Å². The van der Waals surface area contributed by atoms with E-state index < -0.39 is 0 Å². The van der Waals surface area contributed by atoms with Crippen LogP contribution in [0.15, 0.2) is 12.1 Å². The van der Waals surface area contributed by atoms with Gasteiger partial charge in [-0.3, -0.25) is 0 Å². The van der Waals surface area contributed by atoms with Gasteiger partial charge in [0.2, 0.25) is 0 Å². The fraction of sp³-hybridized carbons (Fsp3) is 0.364. The van der Waals surface area contributed by atoms with Gasteiger partial charge in [-0.2, -0.15) is 5.26 Å². The summed E-state index contributed by atoms with van der Waals surface area (Å²) in [5, 5.41) is 9.06. The number of hydrogen-bond acceptors (Lipinski definition) is 3. The Kier molecular flexibility index (Phi) is 3.81. The SMILES string of the molecule is Cc1cc(N)c(Cl)cc1N(C)CCC#N. The van der Waals surface area contributed by atoms with Crippen LogP contribution in [0.1, 0.15) is 12.0 Å². The fourth-order valence-corrected chi connectivity index (χ4v) is 1.60. The molecule has 0 aliphatic heterocycles. The number of rotatable bonds is 3. The molecule has 0 unspecified atom stereocenters. The molecular formula is C11H14ClN3. The Balaban J connectivity index is 2.94. The number of aryl methyl sites for hydroxylation is 1. The van der Waals surface area contributed by atoms with Crippen LogP contribution in [0.25, 0.3) is 0 Å². The number of nitriles is 1. The molecule has 0 atom stereocenters. The standard InChI is InChI=1S/C11H14ClN3/c1-8-6-10(14)9(12)7-11(8)15(2)5-3-4-13/h6-7H,3,5,14H2,1-2H3. The number of hydrogen-bond donors (Lipinski definition) is 1. The van der Waals surface area contributed by atoms with E-state index in [1.807, 2.05) is 31.0 Å². The summed E-state index contributed by atoms with van der Waals surface area (Å²) >= 11 is 5.95. The minimum atomic E-state index is 0.498. The lowest BCUT2D eigenvalue weighted by Gasteiger charge is -2.20. The highest BCUT2D eigenvalue weighted by molar-refractivity contribution is 6.33. The molecule has 0 spiro atoms. The van der Waals surface area contributed by atoms with Crippen molar-refractivity contribution >= 4 is 23.0 Å². The van der Waals surface area contributed by atoms with E-state index in [1.165, 1.54) is 0 Å². The highest BCUT2D eigenvalue weighted by Gasteiger charge is 2.07. The molecular weight excluding hydrogens is 210 g/mol. The van der Waals surface area contributed by atoms with Gasteiger partial charge in [0, 0.05) is 19.3 Å². The summed E-state index contributed by atoms with van der Waals surface area (Å²) in [6, 6.07) is 5.80. The molecule has 15 heavy (non-hydrogen) atoms. The summed E-state index contributed by atoms with van der Waals surface area (Å²) in [5.41, 5.74) is 8.36. The molecule has 0 saturated carbocycles. The molecule has 80 valence electrons. The molecule has 0 heterocycles. The maximum absolute atomic E-state index is 8.51. The predicted octanol–water partition coefficient (Wildman–Crippen LogP) is 2.58. The zero-order valence-electron chi connectivity index (χ0n) is 8.92. The summed E-state index contributed by atoms with van der Waals surface area (Å²) in [6.07, 6.45) is 0.498. The largest absolute Gasteiger partial charge is 0.398 e. The maximum Gasteiger partial charge on any atom is 0.0656 e. The van der Waals surface area contributed by atoms with E-state index in [0.29, 0.717) is 23.7 Å². The first kappa shape index (κ1) is 11.7. The maximum atomic E-state index is 8.51. The van der Waals surface area contributed by atoms with Gasteiger partial charge in [0.15, 0.2) is 0 Å². The van der Waals surface area contributed by atoms with Crippen molar-refractivity contribution in [1.82, 2.24) is 0 Å². The molecule has 0 amide bonds. The summed E-state index contributed by atoms with van der Waals surface area (Å²) in [6.45, 7) is 2.67. The molecule has 0 aliphatic rings. The van der Waals surface area contributed by atoms with Crippen molar-refractivity contribution in [3.63, 3.8) is 0 Å². The highest BCUT2D eigenvalue weighted by Crippen LogP contribution is 2.28. The zero-order valence-corrected chi connectivity index (χ0v) is 9.67. The van der Waals surface area contributed by atoms with E-state index in [9.17, 15) is 0 Å². The fourth-order valence-electron chi connectivity index (χ4n) is 1.44. The van der Waals surface area contributed by atoms with Gasteiger partial charge in [0.05, 0.1) is 23.2 Å². The first-order valence-corrected chi connectivity index (χ1v) is 5.07. The number of nitrogen functional groups attached to an aromatic ring is 1. The van der Waals surface area contributed by atoms with Gasteiger partial charge in [-0.25, -0.2) is 0 Å². The first-order chi connectivity index (χ1) is 7.06. The van der Waals surface area contributed by atoms with Crippen LogP contribution in [0, 0.1) is 18.3 Å². The lowest BCUT2D eigenvalue weighted by atomic mass is 10.1. The smallest absolute Gasteiger partial charge is 0.0656 e. The van der Waals surface area contributed by atoms with Crippen LogP contribution in [0.4, 0.5) is 11.4 Å². The van der Waals surface area contributed by atoms with Gasteiger partial charge in [0.1, 0.15) is 0 Å². The Morgan fingerprint density at radius 2 is 2.20 bits per heavy atom. The van der Waals surface area contributed by atoms with Crippen molar-refractivity contribution < 1.29 is 0 Å². The molecule has 1 rings (SSSR count). The molecule has 2 N–H and O–H groups in total. The van der Waals surface area contributed by atoms with Gasteiger partial charge in [-0.1, -0.05) is 11.6 Å². The van der Waals surface area contributed by atoms with E-state index in [-0.39, 0.29) is 0 Å². The Hall–Kier alpha value is -1.40. The highest BCUT2D eigenvalue weighted by atomic mass is 35.5. The van der Waals surface area contributed by atoms with Crippen LogP contribution < -0.4 is 10.6 Å². The van der Waals surface area contributed by atoms with Crippen molar-refractivity contribution in [2.24, 2.45) is 0 Å². The lowest BCUT2D eigenvalue weighted by Crippen LogP contribution is -2.19. The average molecular weight is 224 g/mol. The molecule has 1 aromatic rings. The predicted molar refractivity (Wildman–Crippen MR) is 64.1 cm³/mol. The normalized spacial score (nSPS) is 9.73. The lowest BCUT2D eigenvalue weighted by molar-refractivity contribution is 0.901. The van der Waals surface area contributed by atoms with Crippen LogP contribution >= 0.6 is 11.6 Å². The molecule has 0 saturated heterocycles. The molecule has 1 aromatic carbocycles. The van der Waals surface area contributed by atoms with Crippen LogP contribution in [0.2, 0.25) is 5.02 Å². The third-order valence-electron chi connectivity index (χ3n) is 2.29. The number of benzene rings is 1. The third-order valence-corrected chi connectivity index (χ3v) is 2.61. The van der Waals surface area contributed by atoms with Gasteiger partial charge in [-0.05, 0) is 24.6 Å². The third kappa shape index (κ3) is 2.77. The number of nitrogens with zero attached hydrogens (tertiary/aromatic N) is 2. The van der Waals surface area contributed by atoms with E-state index in [2.05, 4.69) is 6.07 Å². The topological polar surface area (TPSA) is 53.0 Å². The summed E-state index contributed by atoms with van der Waals surface area (Å²) in [4.78, 5) is 2.00. The molecule has 0 aliphatic carbocycles. The van der Waals surface area contributed by atoms with Crippen molar-refractivity contribution in [2.45, 2.75) is 13.3 Å². The molecule has 0 fully saturated rings. The average Bonchev–Trinajstić information content (AvgIpc) is 2.20. The van der Waals surface area contributed by atoms with Crippen molar-refractivity contribution in [2.75, 3.05) is 24.2 Å². The van der Waals surface area contributed by atoms with Gasteiger partial charge in [0.25, 0.3) is 0 Å².